The van der Waals surface area contributed by atoms with Crippen LogP contribution in [-0.2, 0) is 6.18 Å². The maximum absolute atomic E-state index is 13.2. The van der Waals surface area contributed by atoms with Crippen LogP contribution in [0.15, 0.2) is 24.3 Å². The van der Waals surface area contributed by atoms with Crippen LogP contribution >= 0.6 is 0 Å². The van der Waals surface area contributed by atoms with Gasteiger partial charge in [0.15, 0.2) is 0 Å². The number of nitrogens with one attached hydrogen (secondary N) is 2. The first-order chi connectivity index (χ1) is 18.6. The van der Waals surface area contributed by atoms with Crippen LogP contribution in [0.4, 0.5) is 36.4 Å². The highest BCUT2D eigenvalue weighted by Gasteiger charge is 2.38. The largest absolute Gasteiger partial charge is 0.423 e. The number of alkyl halides is 3. The van der Waals surface area contributed by atoms with E-state index in [1.807, 2.05) is 18.0 Å². The van der Waals surface area contributed by atoms with Gasteiger partial charge in [0, 0.05) is 70.1 Å². The van der Waals surface area contributed by atoms with Crippen LogP contribution in [0.1, 0.15) is 41.6 Å². The number of aromatic nitrogens is 2. The van der Waals surface area contributed by atoms with Gasteiger partial charge in [0.1, 0.15) is 17.2 Å². The smallest absolute Gasteiger partial charge is 0.369 e. The third-order valence-electron chi connectivity index (χ3n) is 6.86. The first kappa shape index (κ1) is 28.3. The zero-order chi connectivity index (χ0) is 28.0. The summed E-state index contributed by atoms with van der Waals surface area (Å²) in [5.41, 5.74) is -2.83. The van der Waals surface area contributed by atoms with E-state index in [2.05, 4.69) is 20.4 Å². The van der Waals surface area contributed by atoms with E-state index < -0.39 is 28.3 Å². The molecule has 0 saturated carbocycles. The summed E-state index contributed by atoms with van der Waals surface area (Å²) in [6.07, 6.45) is -0.369. The zero-order valence-electron chi connectivity index (χ0n) is 21.8. The average Bonchev–Trinajstić information content (AvgIpc) is 3.63. The SMILES string of the molecule is CN(CCNC(=O)c1ccc([N+](=O)[O-])c(C(F)(F)F)c1)CCNc1cc(N2CCCC2)nc(N2CCCC2)n1. The van der Waals surface area contributed by atoms with Crippen molar-refractivity contribution in [2.45, 2.75) is 31.9 Å². The van der Waals surface area contributed by atoms with Crippen molar-refractivity contribution in [3.63, 3.8) is 0 Å². The van der Waals surface area contributed by atoms with E-state index in [-0.39, 0.29) is 12.1 Å². The van der Waals surface area contributed by atoms with Gasteiger partial charge in [-0.25, -0.2) is 0 Å². The van der Waals surface area contributed by atoms with Crippen molar-refractivity contribution in [1.82, 2.24) is 20.2 Å². The number of rotatable bonds is 11. The monoisotopic (exact) mass is 550 g/mol. The molecule has 2 aliphatic heterocycles. The summed E-state index contributed by atoms with van der Waals surface area (Å²) >= 11 is 0. The highest BCUT2D eigenvalue weighted by molar-refractivity contribution is 5.94. The van der Waals surface area contributed by atoms with Crippen molar-refractivity contribution in [3.05, 3.63) is 45.5 Å². The second-order valence-electron chi connectivity index (χ2n) is 9.77. The third-order valence-corrected chi connectivity index (χ3v) is 6.86. The van der Waals surface area contributed by atoms with Gasteiger partial charge in [-0.15, -0.1) is 0 Å². The summed E-state index contributed by atoms with van der Waals surface area (Å²) in [7, 11) is 1.87. The Morgan fingerprint density at radius 2 is 1.67 bits per heavy atom. The fourth-order valence-corrected chi connectivity index (χ4v) is 4.69. The Morgan fingerprint density at radius 3 is 2.31 bits per heavy atom. The van der Waals surface area contributed by atoms with Gasteiger partial charge in [0.2, 0.25) is 5.95 Å². The number of halogens is 3. The fourth-order valence-electron chi connectivity index (χ4n) is 4.69. The normalized spacial score (nSPS) is 15.7. The summed E-state index contributed by atoms with van der Waals surface area (Å²) in [6.45, 7) is 5.76. The number of carbonyl (C=O) groups is 1. The quantitative estimate of drug-likeness (QED) is 0.321. The summed E-state index contributed by atoms with van der Waals surface area (Å²) in [6, 6.07) is 4.21. The first-order valence-electron chi connectivity index (χ1n) is 13.1. The molecular formula is C25H33F3N8O3. The number of likely N-dealkylation sites (N-methyl/N-ethyl adjacent to an activating group) is 1. The van der Waals surface area contributed by atoms with Crippen molar-refractivity contribution in [2.75, 3.05) is 74.5 Å². The van der Waals surface area contributed by atoms with Gasteiger partial charge >= 0.3 is 6.18 Å². The lowest BCUT2D eigenvalue weighted by Gasteiger charge is -2.22. The predicted octanol–water partition coefficient (Wildman–Crippen LogP) is 3.38. The number of carbonyl (C=O) groups excluding carboxylic acids is 1. The standard InChI is InChI=1S/C25H33F3N8O3/c1-33(15-9-30-23(37)18-6-7-20(36(38)39)19(16-18)25(26,27)28)14-8-29-21-17-22(34-10-2-3-11-34)32-24(31-21)35-12-4-5-13-35/h6-7,16-17H,2-5,8-15H2,1H3,(H,30,37)(H,29,31,32). The third kappa shape index (κ3) is 7.46. The Labute approximate surface area is 224 Å². The van der Waals surface area contributed by atoms with E-state index in [1.54, 1.807) is 0 Å². The fraction of sp³-hybridized carbons (Fsp3) is 0.560. The van der Waals surface area contributed by atoms with Crippen LogP contribution < -0.4 is 20.4 Å². The second kappa shape index (κ2) is 12.5. The maximum atomic E-state index is 13.2. The maximum Gasteiger partial charge on any atom is 0.423 e. The van der Waals surface area contributed by atoms with Gasteiger partial charge in [-0.05, 0) is 44.9 Å². The molecule has 1 aromatic carbocycles. The Morgan fingerprint density at radius 1 is 1.03 bits per heavy atom. The molecule has 39 heavy (non-hydrogen) atoms. The second-order valence-corrected chi connectivity index (χ2v) is 9.77. The molecule has 2 saturated heterocycles. The van der Waals surface area contributed by atoms with E-state index in [0.717, 1.165) is 75.5 Å². The number of nitro benzene ring substituents is 1. The lowest BCUT2D eigenvalue weighted by molar-refractivity contribution is -0.388. The molecular weight excluding hydrogens is 517 g/mol. The molecule has 2 fully saturated rings. The van der Waals surface area contributed by atoms with Gasteiger partial charge in [-0.3, -0.25) is 14.9 Å². The summed E-state index contributed by atoms with van der Waals surface area (Å²) < 4.78 is 39.6. The molecule has 2 N–H and O–H groups in total. The molecule has 0 bridgehead atoms. The van der Waals surface area contributed by atoms with Crippen molar-refractivity contribution in [2.24, 2.45) is 0 Å². The minimum absolute atomic E-state index is 0.194. The molecule has 3 heterocycles. The van der Waals surface area contributed by atoms with Gasteiger partial charge in [-0.1, -0.05) is 0 Å². The summed E-state index contributed by atoms with van der Waals surface area (Å²) in [5, 5.41) is 16.9. The molecule has 4 rings (SSSR count). The number of nitro groups is 1. The van der Waals surface area contributed by atoms with Crippen molar-refractivity contribution in [1.29, 1.82) is 0 Å². The van der Waals surface area contributed by atoms with E-state index in [9.17, 15) is 28.1 Å². The number of hydrogen-bond donors (Lipinski definition) is 2. The van der Waals surface area contributed by atoms with E-state index in [4.69, 9.17) is 9.97 Å². The van der Waals surface area contributed by atoms with Crippen LogP contribution in [0.3, 0.4) is 0 Å². The molecule has 0 aliphatic carbocycles. The highest BCUT2D eigenvalue weighted by atomic mass is 19.4. The molecule has 0 radical (unpaired) electrons. The Balaban J connectivity index is 1.27. The highest BCUT2D eigenvalue weighted by Crippen LogP contribution is 2.36. The minimum Gasteiger partial charge on any atom is -0.369 e. The first-order valence-corrected chi connectivity index (χ1v) is 13.1. The lowest BCUT2D eigenvalue weighted by Crippen LogP contribution is -2.35. The topological polar surface area (TPSA) is 120 Å². The number of benzene rings is 1. The average molecular weight is 551 g/mol. The summed E-state index contributed by atoms with van der Waals surface area (Å²) in [5.74, 6) is 1.71. The van der Waals surface area contributed by atoms with Crippen LogP contribution in [0, 0.1) is 10.1 Å². The molecule has 1 aromatic heterocycles. The minimum atomic E-state index is -4.94. The number of nitrogens with zero attached hydrogens (tertiary/aromatic N) is 6. The molecule has 212 valence electrons. The molecule has 2 aliphatic rings. The molecule has 0 atom stereocenters. The molecule has 11 nitrogen and oxygen atoms in total. The Bertz CT molecular complexity index is 1130. The van der Waals surface area contributed by atoms with Gasteiger partial charge in [0.25, 0.3) is 11.6 Å². The van der Waals surface area contributed by atoms with E-state index >= 15 is 0 Å². The Hall–Kier alpha value is -3.68. The van der Waals surface area contributed by atoms with Crippen LogP contribution in [-0.4, -0.2) is 85.1 Å². The van der Waals surface area contributed by atoms with Gasteiger partial charge in [-0.2, -0.15) is 23.1 Å². The molecule has 0 unspecified atom stereocenters. The molecule has 2 aromatic rings. The van der Waals surface area contributed by atoms with Gasteiger partial charge in [0.05, 0.1) is 4.92 Å². The number of hydrogen-bond acceptors (Lipinski definition) is 9. The van der Waals surface area contributed by atoms with Crippen molar-refractivity contribution in [3.8, 4) is 0 Å². The van der Waals surface area contributed by atoms with Crippen LogP contribution in [0.25, 0.3) is 0 Å². The van der Waals surface area contributed by atoms with Crippen LogP contribution in [0.2, 0.25) is 0 Å². The molecule has 0 spiro atoms. The van der Waals surface area contributed by atoms with E-state index in [1.165, 1.54) is 0 Å². The molecule has 1 amide bonds. The zero-order valence-corrected chi connectivity index (χ0v) is 21.8. The van der Waals surface area contributed by atoms with Crippen LogP contribution in [0.5, 0.6) is 0 Å². The predicted molar refractivity (Wildman–Crippen MR) is 141 cm³/mol. The van der Waals surface area contributed by atoms with E-state index in [0.29, 0.717) is 31.8 Å². The lowest BCUT2D eigenvalue weighted by atomic mass is 10.1. The molecule has 14 heteroatoms. The van der Waals surface area contributed by atoms with Crippen molar-refractivity contribution >= 4 is 29.2 Å². The Kier molecular flexibility index (Phi) is 9.04. The number of anilines is 3. The van der Waals surface area contributed by atoms with Crippen molar-refractivity contribution < 1.29 is 22.9 Å². The summed E-state index contributed by atoms with van der Waals surface area (Å²) in [4.78, 5) is 38.2. The number of amides is 1. The van der Waals surface area contributed by atoms with Gasteiger partial charge < -0.3 is 25.3 Å².